The standard InChI is InChI=1S/C20H16FN5/c1-14-19(8-7-17-6-4-5-9-23-17)20(25(2)3)24-26(14)18-11-15(13-22)10-16(21)12-18/h4-6,9-12H,1-3H3. The van der Waals surface area contributed by atoms with Crippen molar-refractivity contribution < 1.29 is 4.39 Å². The number of aromatic nitrogens is 3. The molecule has 0 atom stereocenters. The van der Waals surface area contributed by atoms with Crippen LogP contribution in [0.25, 0.3) is 5.69 Å². The molecule has 6 heteroatoms. The van der Waals surface area contributed by atoms with E-state index < -0.39 is 5.82 Å². The number of nitriles is 1. The lowest BCUT2D eigenvalue weighted by molar-refractivity contribution is 0.624. The van der Waals surface area contributed by atoms with Gasteiger partial charge < -0.3 is 4.90 Å². The maximum absolute atomic E-state index is 13.8. The summed E-state index contributed by atoms with van der Waals surface area (Å²) in [5.74, 6) is 6.32. The molecule has 128 valence electrons. The topological polar surface area (TPSA) is 57.7 Å². The molecule has 0 saturated carbocycles. The van der Waals surface area contributed by atoms with Crippen molar-refractivity contribution in [2.45, 2.75) is 6.92 Å². The Morgan fingerprint density at radius 2 is 1.96 bits per heavy atom. The van der Waals surface area contributed by atoms with Crippen LogP contribution in [0.15, 0.2) is 42.6 Å². The third-order valence-corrected chi connectivity index (χ3v) is 3.76. The van der Waals surface area contributed by atoms with Gasteiger partial charge in [-0.25, -0.2) is 14.1 Å². The normalized spacial score (nSPS) is 9.96. The zero-order chi connectivity index (χ0) is 18.7. The highest BCUT2D eigenvalue weighted by Crippen LogP contribution is 2.24. The molecule has 0 radical (unpaired) electrons. The average molecular weight is 345 g/mol. The lowest BCUT2D eigenvalue weighted by Crippen LogP contribution is -2.11. The van der Waals surface area contributed by atoms with Gasteiger partial charge in [-0.1, -0.05) is 12.0 Å². The molecule has 2 aromatic heterocycles. The first-order valence-electron chi connectivity index (χ1n) is 7.90. The number of anilines is 1. The summed E-state index contributed by atoms with van der Waals surface area (Å²) in [4.78, 5) is 6.04. The summed E-state index contributed by atoms with van der Waals surface area (Å²) in [6.45, 7) is 1.86. The number of nitrogens with zero attached hydrogens (tertiary/aromatic N) is 5. The fourth-order valence-corrected chi connectivity index (χ4v) is 2.52. The predicted molar refractivity (Wildman–Crippen MR) is 97.5 cm³/mol. The average Bonchev–Trinajstić information content (AvgIpc) is 2.97. The molecule has 2 heterocycles. The van der Waals surface area contributed by atoms with Crippen LogP contribution in [0, 0.1) is 35.9 Å². The Labute approximate surface area is 151 Å². The number of halogens is 1. The molecule has 1 aromatic carbocycles. The molecule has 26 heavy (non-hydrogen) atoms. The van der Waals surface area contributed by atoms with Crippen LogP contribution in [0.4, 0.5) is 10.2 Å². The number of pyridine rings is 1. The van der Waals surface area contributed by atoms with E-state index in [2.05, 4.69) is 21.9 Å². The Kier molecular flexibility index (Phi) is 4.68. The Bertz CT molecular complexity index is 1050. The predicted octanol–water partition coefficient (Wildman–Crippen LogP) is 3.05. The van der Waals surface area contributed by atoms with Gasteiger partial charge in [0.1, 0.15) is 11.5 Å². The second-order valence-corrected chi connectivity index (χ2v) is 5.87. The van der Waals surface area contributed by atoms with Crippen LogP contribution >= 0.6 is 0 Å². The van der Waals surface area contributed by atoms with Gasteiger partial charge in [0.15, 0.2) is 5.82 Å². The molecule has 0 N–H and O–H groups in total. The maximum atomic E-state index is 13.8. The van der Waals surface area contributed by atoms with E-state index in [-0.39, 0.29) is 5.56 Å². The van der Waals surface area contributed by atoms with Crippen LogP contribution in [0.3, 0.4) is 0 Å². The van der Waals surface area contributed by atoms with Crippen molar-refractivity contribution in [2.75, 3.05) is 19.0 Å². The van der Waals surface area contributed by atoms with Gasteiger partial charge in [0, 0.05) is 20.3 Å². The van der Waals surface area contributed by atoms with E-state index in [1.165, 1.54) is 12.1 Å². The monoisotopic (exact) mass is 345 g/mol. The van der Waals surface area contributed by atoms with E-state index in [0.717, 1.165) is 11.3 Å². The van der Waals surface area contributed by atoms with Gasteiger partial charge in [0.05, 0.1) is 28.6 Å². The number of hydrogen-bond acceptors (Lipinski definition) is 4. The molecule has 0 aliphatic rings. The first-order chi connectivity index (χ1) is 12.5. The van der Waals surface area contributed by atoms with Crippen molar-refractivity contribution >= 4 is 5.82 Å². The Balaban J connectivity index is 2.14. The van der Waals surface area contributed by atoms with Gasteiger partial charge in [-0.15, -0.1) is 5.10 Å². The number of benzene rings is 1. The summed E-state index contributed by atoms with van der Waals surface area (Å²) in [6, 6.07) is 11.6. The second kappa shape index (κ2) is 7.08. The van der Waals surface area contributed by atoms with Gasteiger partial charge in [-0.05, 0) is 43.2 Å². The Morgan fingerprint density at radius 3 is 2.62 bits per heavy atom. The summed E-state index contributed by atoms with van der Waals surface area (Å²) < 4.78 is 15.4. The first kappa shape index (κ1) is 17.2. The number of rotatable bonds is 2. The molecule has 0 aliphatic heterocycles. The summed E-state index contributed by atoms with van der Waals surface area (Å²) in [5.41, 5.74) is 2.85. The molecular weight excluding hydrogens is 329 g/mol. The smallest absolute Gasteiger partial charge is 0.166 e. The summed E-state index contributed by atoms with van der Waals surface area (Å²) in [6.07, 6.45) is 1.68. The minimum absolute atomic E-state index is 0.238. The molecule has 0 unspecified atom stereocenters. The molecule has 0 spiro atoms. The van der Waals surface area contributed by atoms with E-state index >= 15 is 0 Å². The lowest BCUT2D eigenvalue weighted by Gasteiger charge is -2.08. The molecule has 0 bridgehead atoms. The van der Waals surface area contributed by atoms with Crippen molar-refractivity contribution in [3.05, 3.63) is 70.9 Å². The lowest BCUT2D eigenvalue weighted by atomic mass is 10.2. The van der Waals surface area contributed by atoms with E-state index in [0.29, 0.717) is 17.2 Å². The molecule has 5 nitrogen and oxygen atoms in total. The van der Waals surface area contributed by atoms with Gasteiger partial charge >= 0.3 is 0 Å². The summed E-state index contributed by atoms with van der Waals surface area (Å²) in [7, 11) is 3.73. The molecule has 0 aliphatic carbocycles. The van der Waals surface area contributed by atoms with Gasteiger partial charge in [0.25, 0.3) is 0 Å². The van der Waals surface area contributed by atoms with Crippen LogP contribution in [-0.2, 0) is 0 Å². The van der Waals surface area contributed by atoms with E-state index in [1.54, 1.807) is 16.9 Å². The summed E-state index contributed by atoms with van der Waals surface area (Å²) >= 11 is 0. The first-order valence-corrected chi connectivity index (χ1v) is 7.90. The van der Waals surface area contributed by atoms with Crippen LogP contribution in [0.2, 0.25) is 0 Å². The van der Waals surface area contributed by atoms with Crippen molar-refractivity contribution in [1.29, 1.82) is 5.26 Å². The van der Waals surface area contributed by atoms with Crippen molar-refractivity contribution in [1.82, 2.24) is 14.8 Å². The molecule has 3 aromatic rings. The van der Waals surface area contributed by atoms with Crippen molar-refractivity contribution in [3.63, 3.8) is 0 Å². The maximum Gasteiger partial charge on any atom is 0.166 e. The fraction of sp³-hybridized carbons (Fsp3) is 0.150. The summed E-state index contributed by atoms with van der Waals surface area (Å²) in [5, 5.41) is 13.6. The van der Waals surface area contributed by atoms with E-state index in [9.17, 15) is 4.39 Å². The van der Waals surface area contributed by atoms with E-state index in [4.69, 9.17) is 5.26 Å². The highest BCUT2D eigenvalue weighted by molar-refractivity contribution is 5.60. The Morgan fingerprint density at radius 1 is 1.15 bits per heavy atom. The third kappa shape index (κ3) is 3.40. The zero-order valence-electron chi connectivity index (χ0n) is 14.7. The number of hydrogen-bond donors (Lipinski definition) is 0. The largest absolute Gasteiger partial charge is 0.360 e. The van der Waals surface area contributed by atoms with Gasteiger partial charge in [0.2, 0.25) is 0 Å². The third-order valence-electron chi connectivity index (χ3n) is 3.76. The zero-order valence-corrected chi connectivity index (χ0v) is 14.7. The Hall–Kier alpha value is -3.64. The highest BCUT2D eigenvalue weighted by atomic mass is 19.1. The molecule has 0 amide bonds. The fourth-order valence-electron chi connectivity index (χ4n) is 2.52. The van der Waals surface area contributed by atoms with Crippen LogP contribution in [-0.4, -0.2) is 28.9 Å². The van der Waals surface area contributed by atoms with Crippen LogP contribution < -0.4 is 4.90 Å². The SMILES string of the molecule is Cc1c(C#Cc2ccccn2)c(N(C)C)nn1-c1cc(F)cc(C#N)c1. The molecule has 0 saturated heterocycles. The highest BCUT2D eigenvalue weighted by Gasteiger charge is 2.17. The molecular formula is C20H16FN5. The molecule has 0 fully saturated rings. The van der Waals surface area contributed by atoms with Crippen molar-refractivity contribution in [2.24, 2.45) is 0 Å². The van der Waals surface area contributed by atoms with Crippen LogP contribution in [0.5, 0.6) is 0 Å². The minimum atomic E-state index is -0.485. The van der Waals surface area contributed by atoms with Gasteiger partial charge in [-0.2, -0.15) is 5.26 Å². The van der Waals surface area contributed by atoms with Crippen LogP contribution in [0.1, 0.15) is 22.5 Å². The van der Waals surface area contributed by atoms with Crippen molar-refractivity contribution in [3.8, 4) is 23.6 Å². The second-order valence-electron chi connectivity index (χ2n) is 5.87. The quantitative estimate of drug-likeness (QED) is 0.670. The minimum Gasteiger partial charge on any atom is -0.360 e. The van der Waals surface area contributed by atoms with Gasteiger partial charge in [-0.3, -0.25) is 0 Å². The van der Waals surface area contributed by atoms with E-state index in [1.807, 2.05) is 50.2 Å². The molecule has 3 rings (SSSR count).